The van der Waals surface area contributed by atoms with Gasteiger partial charge < -0.3 is 13.6 Å². The van der Waals surface area contributed by atoms with Crippen molar-refractivity contribution in [3.63, 3.8) is 0 Å². The molecule has 1 rings (SSSR count). The lowest BCUT2D eigenvalue weighted by Gasteiger charge is -2.22. The second-order valence-corrected chi connectivity index (χ2v) is 5.84. The molecule has 1 aliphatic heterocycles. The van der Waals surface area contributed by atoms with E-state index in [0.29, 0.717) is 6.10 Å². The first kappa shape index (κ1) is 8.93. The van der Waals surface area contributed by atoms with E-state index in [-0.39, 0.29) is 0 Å². The zero-order chi connectivity index (χ0) is 8.32. The van der Waals surface area contributed by atoms with Crippen LogP contribution in [-0.4, -0.2) is 35.5 Å². The van der Waals surface area contributed by atoms with E-state index in [1.807, 2.05) is 0 Å². The van der Waals surface area contributed by atoms with Gasteiger partial charge in [-0.25, -0.2) is 0 Å². The molecule has 11 heavy (non-hydrogen) atoms. The van der Waals surface area contributed by atoms with Gasteiger partial charge in [-0.15, -0.1) is 6.58 Å². The maximum absolute atomic E-state index is 5.31. The van der Waals surface area contributed by atoms with Crippen LogP contribution in [0.2, 0.25) is 6.04 Å². The Morgan fingerprint density at radius 1 is 1.64 bits per heavy atom. The average molecular weight is 174 g/mol. The first-order valence-corrected chi connectivity index (χ1v) is 5.72. The number of hydrogen-bond donors (Lipinski definition) is 0. The minimum atomic E-state index is -2.08. The maximum atomic E-state index is 5.31. The highest BCUT2D eigenvalue weighted by Gasteiger charge is 2.40. The van der Waals surface area contributed by atoms with Crippen LogP contribution in [0.5, 0.6) is 0 Å². The van der Waals surface area contributed by atoms with Gasteiger partial charge in [0.1, 0.15) is 0 Å². The molecule has 0 saturated carbocycles. The summed E-state index contributed by atoms with van der Waals surface area (Å²) in [6, 6.07) is 0.865. The number of epoxide rings is 1. The van der Waals surface area contributed by atoms with Gasteiger partial charge in [0.15, 0.2) is 0 Å². The smallest absolute Gasteiger partial charge is 0.366 e. The highest BCUT2D eigenvalue weighted by Crippen LogP contribution is 2.24. The lowest BCUT2D eigenvalue weighted by atomic mass is 10.6. The van der Waals surface area contributed by atoms with Crippen LogP contribution >= 0.6 is 0 Å². The van der Waals surface area contributed by atoms with Crippen LogP contribution in [-0.2, 0) is 13.6 Å². The van der Waals surface area contributed by atoms with E-state index in [2.05, 4.69) is 6.58 Å². The topological polar surface area (TPSA) is 31.0 Å². The molecule has 1 heterocycles. The highest BCUT2D eigenvalue weighted by molar-refractivity contribution is 6.72. The Labute approximate surface area is 68.2 Å². The van der Waals surface area contributed by atoms with Crippen LogP contribution in [0.3, 0.4) is 0 Å². The van der Waals surface area contributed by atoms with Gasteiger partial charge in [0.05, 0.1) is 12.7 Å². The van der Waals surface area contributed by atoms with Gasteiger partial charge in [0, 0.05) is 20.3 Å². The number of hydrogen-bond acceptors (Lipinski definition) is 3. The molecule has 0 aromatic heterocycles. The van der Waals surface area contributed by atoms with Crippen molar-refractivity contribution in [3.05, 3.63) is 12.3 Å². The monoisotopic (exact) mass is 174 g/mol. The molecule has 1 atom stereocenters. The van der Waals surface area contributed by atoms with Crippen molar-refractivity contribution in [3.8, 4) is 0 Å². The van der Waals surface area contributed by atoms with E-state index >= 15 is 0 Å². The van der Waals surface area contributed by atoms with Crippen LogP contribution < -0.4 is 0 Å². The highest BCUT2D eigenvalue weighted by atomic mass is 28.4. The summed E-state index contributed by atoms with van der Waals surface area (Å²) >= 11 is 0. The van der Waals surface area contributed by atoms with Crippen molar-refractivity contribution in [2.45, 2.75) is 12.1 Å². The average Bonchev–Trinajstić information content (AvgIpc) is 2.84. The summed E-state index contributed by atoms with van der Waals surface area (Å²) in [7, 11) is 1.25. The Morgan fingerprint density at radius 2 is 2.18 bits per heavy atom. The Kier molecular flexibility index (Phi) is 2.83. The normalized spacial score (nSPS) is 23.3. The largest absolute Gasteiger partial charge is 0.395 e. The molecule has 1 aliphatic rings. The Morgan fingerprint density at radius 3 is 2.45 bits per heavy atom. The summed E-state index contributed by atoms with van der Waals surface area (Å²) in [5.41, 5.74) is 1.80. The molecule has 1 saturated heterocycles. The molecular formula is C7H14O3Si. The first-order chi connectivity index (χ1) is 5.26. The molecule has 0 N–H and O–H groups in total. The molecule has 1 fully saturated rings. The van der Waals surface area contributed by atoms with Crippen LogP contribution in [0.1, 0.15) is 0 Å². The summed E-state index contributed by atoms with van der Waals surface area (Å²) < 4.78 is 15.7. The van der Waals surface area contributed by atoms with Crippen LogP contribution in [0, 0.1) is 0 Å². The van der Waals surface area contributed by atoms with E-state index in [1.54, 1.807) is 19.9 Å². The van der Waals surface area contributed by atoms with Gasteiger partial charge in [0.2, 0.25) is 0 Å². The van der Waals surface area contributed by atoms with E-state index in [9.17, 15) is 0 Å². The fourth-order valence-electron chi connectivity index (χ4n) is 1.00. The summed E-state index contributed by atoms with van der Waals surface area (Å²) in [6.45, 7) is 4.55. The molecule has 0 radical (unpaired) electrons. The van der Waals surface area contributed by atoms with Gasteiger partial charge in [-0.05, 0) is 5.70 Å². The maximum Gasteiger partial charge on any atom is 0.366 e. The lowest BCUT2D eigenvalue weighted by molar-refractivity contribution is 0.250. The lowest BCUT2D eigenvalue weighted by Crippen LogP contribution is -2.39. The minimum Gasteiger partial charge on any atom is -0.395 e. The van der Waals surface area contributed by atoms with Crippen molar-refractivity contribution in [2.75, 3.05) is 20.8 Å². The van der Waals surface area contributed by atoms with Gasteiger partial charge in [-0.2, -0.15) is 0 Å². The van der Waals surface area contributed by atoms with Crippen molar-refractivity contribution in [1.29, 1.82) is 0 Å². The minimum absolute atomic E-state index is 0.347. The van der Waals surface area contributed by atoms with Gasteiger partial charge in [0.25, 0.3) is 0 Å². The second kappa shape index (κ2) is 3.49. The third kappa shape index (κ3) is 2.13. The third-order valence-electron chi connectivity index (χ3n) is 1.92. The van der Waals surface area contributed by atoms with Crippen LogP contribution in [0.15, 0.2) is 12.3 Å². The predicted molar refractivity (Wildman–Crippen MR) is 44.5 cm³/mol. The molecule has 0 amide bonds. The first-order valence-electron chi connectivity index (χ1n) is 3.62. The molecule has 4 heteroatoms. The molecule has 64 valence electrons. The fraction of sp³-hybridized carbons (Fsp3) is 0.714. The van der Waals surface area contributed by atoms with Crippen molar-refractivity contribution < 1.29 is 13.6 Å². The fourth-order valence-corrected chi connectivity index (χ4v) is 2.87. The Balaban J connectivity index is 2.46. The molecule has 3 nitrogen and oxygen atoms in total. The second-order valence-electron chi connectivity index (χ2n) is 2.58. The summed E-state index contributed by atoms with van der Waals surface area (Å²) in [4.78, 5) is 0. The van der Waals surface area contributed by atoms with Crippen molar-refractivity contribution in [1.82, 2.24) is 0 Å². The molecule has 0 bridgehead atoms. The van der Waals surface area contributed by atoms with Gasteiger partial charge in [-0.1, -0.05) is 0 Å². The van der Waals surface area contributed by atoms with E-state index in [0.717, 1.165) is 12.7 Å². The van der Waals surface area contributed by atoms with E-state index < -0.39 is 8.56 Å². The third-order valence-corrected chi connectivity index (χ3v) is 4.95. The molecule has 0 aromatic rings. The summed E-state index contributed by atoms with van der Waals surface area (Å²) in [6.07, 6.45) is 0.347. The molecule has 0 aromatic carbocycles. The van der Waals surface area contributed by atoms with Crippen LogP contribution in [0.25, 0.3) is 0 Å². The van der Waals surface area contributed by atoms with E-state index in [4.69, 9.17) is 13.6 Å². The molecule has 0 aliphatic carbocycles. The van der Waals surface area contributed by atoms with E-state index in [1.165, 1.54) is 0 Å². The Hall–Kier alpha value is -0.163. The zero-order valence-electron chi connectivity index (χ0n) is 7.00. The molecule has 0 spiro atoms. The quantitative estimate of drug-likeness (QED) is 0.457. The summed E-state index contributed by atoms with van der Waals surface area (Å²) in [5, 5.41) is 0. The molecular weight excluding hydrogens is 160 g/mol. The van der Waals surface area contributed by atoms with Crippen molar-refractivity contribution in [2.24, 2.45) is 0 Å². The SMILES string of the molecule is C=C[Si](CC1CO1)(OC)OC. The zero-order valence-corrected chi connectivity index (χ0v) is 8.00. The number of rotatable bonds is 5. The summed E-state index contributed by atoms with van der Waals surface area (Å²) in [5.74, 6) is 0. The van der Waals surface area contributed by atoms with Crippen LogP contribution in [0.4, 0.5) is 0 Å². The molecule has 1 unspecified atom stereocenters. The number of ether oxygens (including phenoxy) is 1. The van der Waals surface area contributed by atoms with Gasteiger partial charge >= 0.3 is 8.56 Å². The van der Waals surface area contributed by atoms with Gasteiger partial charge in [-0.3, -0.25) is 0 Å². The predicted octanol–water partition coefficient (Wildman–Crippen LogP) is 0.845. The standard InChI is InChI=1S/C7H14O3Si/c1-4-11(8-2,9-3)6-7-5-10-7/h4,7H,1,5-6H2,2-3H3. The Bertz CT molecular complexity index is 141. The van der Waals surface area contributed by atoms with Crippen molar-refractivity contribution >= 4 is 8.56 Å².